The summed E-state index contributed by atoms with van der Waals surface area (Å²) in [4.78, 5) is 14.4. The molecule has 1 fully saturated rings. The molecule has 1 atom stereocenters. The van der Waals surface area contributed by atoms with Crippen LogP contribution in [0, 0.1) is 12.3 Å². The van der Waals surface area contributed by atoms with Crippen molar-refractivity contribution in [2.24, 2.45) is 0 Å². The fourth-order valence-corrected chi connectivity index (χ4v) is 3.93. The van der Waals surface area contributed by atoms with Crippen LogP contribution in [0.1, 0.15) is 17.0 Å². The van der Waals surface area contributed by atoms with E-state index in [0.717, 1.165) is 0 Å². The van der Waals surface area contributed by atoms with Gasteiger partial charge in [-0.3, -0.25) is 4.90 Å². The van der Waals surface area contributed by atoms with Crippen LogP contribution in [0.15, 0.2) is 61.2 Å². The molecule has 27 heavy (non-hydrogen) atoms. The second-order valence-corrected chi connectivity index (χ2v) is 6.78. The summed E-state index contributed by atoms with van der Waals surface area (Å²) < 4.78 is 11.2. The van der Waals surface area contributed by atoms with E-state index in [0.29, 0.717) is 13.2 Å². The van der Waals surface area contributed by atoms with E-state index >= 15 is 0 Å². The van der Waals surface area contributed by atoms with Crippen molar-refractivity contribution in [2.75, 3.05) is 26.4 Å². The van der Waals surface area contributed by atoms with Crippen LogP contribution in [-0.2, 0) is 9.47 Å². The standard InChI is InChI=1S/C23H21NO3/c1-3-23(4-2)16-26-14-13-24(23)22(25)27-15-21-19-11-7-5-9-17(19)18-10-6-8-12-20(18)21/h1,4-12,21H,2,13-16H2. The minimum absolute atomic E-state index is 0.0198. The first-order valence-corrected chi connectivity index (χ1v) is 9.02. The molecule has 2 aliphatic rings. The van der Waals surface area contributed by atoms with E-state index in [9.17, 15) is 4.79 Å². The monoisotopic (exact) mass is 359 g/mol. The molecule has 2 aromatic carbocycles. The van der Waals surface area contributed by atoms with Crippen LogP contribution in [0.5, 0.6) is 0 Å². The number of hydrogen-bond acceptors (Lipinski definition) is 3. The molecule has 1 aliphatic heterocycles. The number of rotatable bonds is 3. The third-order valence-electron chi connectivity index (χ3n) is 5.41. The molecule has 0 bridgehead atoms. The third-order valence-corrected chi connectivity index (χ3v) is 5.41. The molecule has 1 amide bonds. The second kappa shape index (κ2) is 6.94. The smallest absolute Gasteiger partial charge is 0.411 e. The van der Waals surface area contributed by atoms with Crippen LogP contribution in [-0.4, -0.2) is 42.9 Å². The van der Waals surface area contributed by atoms with Crippen molar-refractivity contribution in [1.29, 1.82) is 0 Å². The van der Waals surface area contributed by atoms with Crippen LogP contribution in [0.4, 0.5) is 4.79 Å². The largest absolute Gasteiger partial charge is 0.448 e. The van der Waals surface area contributed by atoms with Gasteiger partial charge < -0.3 is 9.47 Å². The fraction of sp³-hybridized carbons (Fsp3) is 0.261. The molecular formula is C23H21NO3. The van der Waals surface area contributed by atoms with Gasteiger partial charge in [0.25, 0.3) is 0 Å². The van der Waals surface area contributed by atoms with E-state index in [1.54, 1.807) is 6.08 Å². The van der Waals surface area contributed by atoms with Gasteiger partial charge in [0, 0.05) is 12.5 Å². The fourth-order valence-electron chi connectivity index (χ4n) is 3.93. The van der Waals surface area contributed by atoms with Gasteiger partial charge in [-0.25, -0.2) is 4.79 Å². The van der Waals surface area contributed by atoms with Crippen molar-refractivity contribution in [1.82, 2.24) is 4.90 Å². The maximum atomic E-state index is 12.8. The molecule has 0 aromatic heterocycles. The van der Waals surface area contributed by atoms with Gasteiger partial charge in [0.15, 0.2) is 0 Å². The Morgan fingerprint density at radius 2 is 1.89 bits per heavy atom. The predicted molar refractivity (Wildman–Crippen MR) is 104 cm³/mol. The molecule has 0 spiro atoms. The molecule has 136 valence electrons. The Kier molecular flexibility index (Phi) is 4.47. The minimum Gasteiger partial charge on any atom is -0.448 e. The van der Waals surface area contributed by atoms with Crippen molar-refractivity contribution >= 4 is 6.09 Å². The average molecular weight is 359 g/mol. The van der Waals surface area contributed by atoms with Crippen molar-refractivity contribution < 1.29 is 14.3 Å². The summed E-state index contributed by atoms with van der Waals surface area (Å²) in [6, 6.07) is 16.5. The number of benzene rings is 2. The van der Waals surface area contributed by atoms with Gasteiger partial charge in [-0.2, -0.15) is 0 Å². The lowest BCUT2D eigenvalue weighted by Crippen LogP contribution is -2.57. The zero-order chi connectivity index (χ0) is 18.9. The lowest BCUT2D eigenvalue weighted by atomic mass is 9.98. The summed E-state index contributed by atoms with van der Waals surface area (Å²) >= 11 is 0. The molecule has 0 saturated carbocycles. The number of terminal acetylenes is 1. The van der Waals surface area contributed by atoms with Gasteiger partial charge in [-0.1, -0.05) is 67.1 Å². The highest BCUT2D eigenvalue weighted by Gasteiger charge is 2.40. The molecule has 2 aromatic rings. The van der Waals surface area contributed by atoms with E-state index in [1.807, 2.05) is 24.3 Å². The number of hydrogen-bond donors (Lipinski definition) is 0. The lowest BCUT2D eigenvalue weighted by molar-refractivity contribution is -0.0187. The molecule has 0 radical (unpaired) electrons. The topological polar surface area (TPSA) is 38.8 Å². The summed E-state index contributed by atoms with van der Waals surface area (Å²) in [5.74, 6) is 2.66. The van der Waals surface area contributed by atoms with Crippen molar-refractivity contribution in [2.45, 2.75) is 11.5 Å². The third kappa shape index (κ3) is 2.81. The molecule has 1 saturated heterocycles. The highest BCUT2D eigenvalue weighted by atomic mass is 16.6. The number of ether oxygens (including phenoxy) is 2. The molecule has 0 N–H and O–H groups in total. The maximum absolute atomic E-state index is 12.8. The van der Waals surface area contributed by atoms with Crippen molar-refractivity contribution in [3.63, 3.8) is 0 Å². The van der Waals surface area contributed by atoms with Gasteiger partial charge in [0.1, 0.15) is 12.1 Å². The molecule has 1 aliphatic carbocycles. The predicted octanol–water partition coefficient (Wildman–Crippen LogP) is 3.83. The Hall–Kier alpha value is -3.03. The van der Waals surface area contributed by atoms with Gasteiger partial charge in [0.2, 0.25) is 0 Å². The van der Waals surface area contributed by atoms with Crippen LogP contribution >= 0.6 is 0 Å². The number of carbonyl (C=O) groups excluding carboxylic acids is 1. The number of amides is 1. The Morgan fingerprint density at radius 3 is 2.48 bits per heavy atom. The summed E-state index contributed by atoms with van der Waals surface area (Å²) in [6.45, 7) is 5.10. The first-order chi connectivity index (χ1) is 13.2. The van der Waals surface area contributed by atoms with Crippen molar-refractivity contribution in [3.05, 3.63) is 72.3 Å². The first-order valence-electron chi connectivity index (χ1n) is 9.02. The Labute approximate surface area is 159 Å². The quantitative estimate of drug-likeness (QED) is 0.618. The van der Waals surface area contributed by atoms with Gasteiger partial charge in [-0.05, 0) is 22.3 Å². The van der Waals surface area contributed by atoms with E-state index in [-0.39, 0.29) is 19.1 Å². The van der Waals surface area contributed by atoms with E-state index < -0.39 is 11.6 Å². The summed E-state index contributed by atoms with van der Waals surface area (Å²) in [7, 11) is 0. The first kappa shape index (κ1) is 17.4. The van der Waals surface area contributed by atoms with Gasteiger partial charge >= 0.3 is 6.09 Å². The number of fused-ring (bicyclic) bond motifs is 3. The van der Waals surface area contributed by atoms with E-state index in [4.69, 9.17) is 15.9 Å². The summed E-state index contributed by atoms with van der Waals surface area (Å²) in [6.07, 6.45) is 6.82. The second-order valence-electron chi connectivity index (χ2n) is 6.78. The number of carbonyl (C=O) groups is 1. The molecule has 1 unspecified atom stereocenters. The number of morpholine rings is 1. The zero-order valence-electron chi connectivity index (χ0n) is 15.1. The Bertz CT molecular complexity index is 884. The maximum Gasteiger partial charge on any atom is 0.411 e. The summed E-state index contributed by atoms with van der Waals surface area (Å²) in [5, 5.41) is 0. The van der Waals surface area contributed by atoms with Gasteiger partial charge in [0.05, 0.1) is 13.2 Å². The molecule has 4 rings (SSSR count). The van der Waals surface area contributed by atoms with E-state index in [1.165, 1.54) is 27.2 Å². The van der Waals surface area contributed by atoms with E-state index in [2.05, 4.69) is 36.8 Å². The molecular weight excluding hydrogens is 338 g/mol. The molecule has 1 heterocycles. The van der Waals surface area contributed by atoms with Crippen LogP contribution < -0.4 is 0 Å². The highest BCUT2D eigenvalue weighted by molar-refractivity contribution is 5.79. The highest BCUT2D eigenvalue weighted by Crippen LogP contribution is 2.44. The average Bonchev–Trinajstić information content (AvgIpc) is 3.05. The van der Waals surface area contributed by atoms with Gasteiger partial charge in [-0.15, -0.1) is 6.42 Å². The Balaban J connectivity index is 1.56. The summed E-state index contributed by atoms with van der Waals surface area (Å²) in [5.41, 5.74) is 3.80. The molecule has 4 nitrogen and oxygen atoms in total. The zero-order valence-corrected chi connectivity index (χ0v) is 15.1. The van der Waals surface area contributed by atoms with Crippen LogP contribution in [0.3, 0.4) is 0 Å². The minimum atomic E-state index is -0.958. The van der Waals surface area contributed by atoms with Crippen LogP contribution in [0.2, 0.25) is 0 Å². The number of nitrogens with zero attached hydrogens (tertiary/aromatic N) is 1. The van der Waals surface area contributed by atoms with Crippen molar-refractivity contribution in [3.8, 4) is 23.5 Å². The Morgan fingerprint density at radius 1 is 1.26 bits per heavy atom. The molecule has 4 heteroatoms. The van der Waals surface area contributed by atoms with Crippen LogP contribution in [0.25, 0.3) is 11.1 Å². The normalized spacial score (nSPS) is 21.1. The lowest BCUT2D eigenvalue weighted by Gasteiger charge is -2.40. The SMILES string of the molecule is C#CC1(C=C)COCCN1C(=O)OCC1c2ccccc2-c2ccccc21.